The van der Waals surface area contributed by atoms with Gasteiger partial charge in [-0.2, -0.15) is 11.8 Å². The predicted octanol–water partition coefficient (Wildman–Crippen LogP) is 4.26. The highest BCUT2D eigenvalue weighted by Gasteiger charge is 2.23. The number of hydrogen-bond acceptors (Lipinski definition) is 6. The van der Waals surface area contributed by atoms with E-state index in [1.807, 2.05) is 36.6 Å². The molecule has 0 bridgehead atoms. The molecule has 0 aliphatic heterocycles. The topological polar surface area (TPSA) is 125 Å². The van der Waals surface area contributed by atoms with E-state index in [2.05, 4.69) is 10.6 Å². The summed E-state index contributed by atoms with van der Waals surface area (Å²) >= 11 is 1.50. The SMILES string of the molecule is COc1ccc(C(=O)Nc2ccc(C(=O)NC(CCSC)C(=O)O)c(-c3ccccc3)c2)c(O)c1. The fraction of sp³-hybridized carbons (Fsp3) is 0.192. The Morgan fingerprint density at radius 1 is 0.971 bits per heavy atom. The molecule has 0 spiro atoms. The number of carboxylic acids is 1. The molecular formula is C26H26N2O6S. The lowest BCUT2D eigenvalue weighted by atomic mass is 9.98. The van der Waals surface area contributed by atoms with Crippen molar-refractivity contribution in [3.05, 3.63) is 77.9 Å². The minimum atomic E-state index is -1.10. The first-order valence-corrected chi connectivity index (χ1v) is 12.1. The molecule has 0 radical (unpaired) electrons. The lowest BCUT2D eigenvalue weighted by Gasteiger charge is -2.17. The molecule has 1 unspecified atom stereocenters. The number of carbonyl (C=O) groups excluding carboxylic acids is 2. The molecule has 0 aliphatic carbocycles. The van der Waals surface area contributed by atoms with Gasteiger partial charge in [-0.3, -0.25) is 9.59 Å². The van der Waals surface area contributed by atoms with Crippen molar-refractivity contribution in [1.29, 1.82) is 0 Å². The van der Waals surface area contributed by atoms with Crippen LogP contribution in [-0.4, -0.2) is 53.2 Å². The van der Waals surface area contributed by atoms with E-state index < -0.39 is 23.8 Å². The molecule has 2 amide bonds. The number of ether oxygens (including phenoxy) is 1. The average molecular weight is 495 g/mol. The van der Waals surface area contributed by atoms with E-state index in [1.165, 1.54) is 37.1 Å². The van der Waals surface area contributed by atoms with Crippen LogP contribution in [0.5, 0.6) is 11.5 Å². The van der Waals surface area contributed by atoms with Crippen LogP contribution >= 0.6 is 11.8 Å². The lowest BCUT2D eigenvalue weighted by molar-refractivity contribution is -0.139. The summed E-state index contributed by atoms with van der Waals surface area (Å²) in [5.74, 6) is -1.39. The standard InChI is InChI=1S/C26H26N2O6S/c1-34-18-9-11-20(23(29)15-18)25(31)27-17-8-10-19(21(14-17)16-6-4-3-5-7-16)24(30)28-22(26(32)33)12-13-35-2/h3-11,14-15,22,29H,12-13H2,1-2H3,(H,27,31)(H,28,30)(H,32,33). The second kappa shape index (κ2) is 11.9. The summed E-state index contributed by atoms with van der Waals surface area (Å²) in [7, 11) is 1.46. The summed E-state index contributed by atoms with van der Waals surface area (Å²) in [6.45, 7) is 0. The highest BCUT2D eigenvalue weighted by atomic mass is 32.2. The van der Waals surface area contributed by atoms with Crippen molar-refractivity contribution >= 4 is 35.2 Å². The lowest BCUT2D eigenvalue weighted by Crippen LogP contribution is -2.41. The highest BCUT2D eigenvalue weighted by molar-refractivity contribution is 7.98. The number of nitrogens with one attached hydrogen (secondary N) is 2. The molecule has 0 fully saturated rings. The number of carboxylic acid groups (broad SMARTS) is 1. The molecule has 3 aromatic rings. The molecule has 4 N–H and O–H groups in total. The number of phenolic OH excluding ortho intramolecular Hbond substituents is 1. The van der Waals surface area contributed by atoms with E-state index in [0.717, 1.165) is 5.56 Å². The molecule has 0 saturated heterocycles. The summed E-state index contributed by atoms with van der Waals surface area (Å²) in [4.78, 5) is 37.4. The van der Waals surface area contributed by atoms with Crippen LogP contribution in [0, 0.1) is 0 Å². The fourth-order valence-electron chi connectivity index (χ4n) is 3.43. The van der Waals surface area contributed by atoms with Crippen molar-refractivity contribution in [2.75, 3.05) is 24.4 Å². The average Bonchev–Trinajstić information content (AvgIpc) is 2.86. The van der Waals surface area contributed by atoms with Crippen LogP contribution in [-0.2, 0) is 4.79 Å². The zero-order valence-electron chi connectivity index (χ0n) is 19.3. The highest BCUT2D eigenvalue weighted by Crippen LogP contribution is 2.29. The van der Waals surface area contributed by atoms with Crippen LogP contribution < -0.4 is 15.4 Å². The number of amides is 2. The summed E-state index contributed by atoms with van der Waals surface area (Å²) in [6, 6.07) is 17.2. The second-order valence-corrected chi connectivity index (χ2v) is 8.59. The molecular weight excluding hydrogens is 468 g/mol. The molecule has 182 valence electrons. The Bertz CT molecular complexity index is 1220. The van der Waals surface area contributed by atoms with Gasteiger partial charge in [-0.25, -0.2) is 4.79 Å². The van der Waals surface area contributed by atoms with E-state index in [0.29, 0.717) is 29.2 Å². The smallest absolute Gasteiger partial charge is 0.326 e. The quantitative estimate of drug-likeness (QED) is 0.332. The third-order valence-corrected chi connectivity index (χ3v) is 5.91. The molecule has 3 rings (SSSR count). The number of benzene rings is 3. The number of carbonyl (C=O) groups is 3. The summed E-state index contributed by atoms with van der Waals surface area (Å²) in [5.41, 5.74) is 1.98. The van der Waals surface area contributed by atoms with Gasteiger partial charge in [0.05, 0.1) is 12.7 Å². The Labute approximate surface area is 207 Å². The molecule has 9 heteroatoms. The van der Waals surface area contributed by atoms with E-state index in [4.69, 9.17) is 4.74 Å². The molecule has 0 aliphatic rings. The zero-order chi connectivity index (χ0) is 25.4. The maximum Gasteiger partial charge on any atom is 0.326 e. The Morgan fingerprint density at radius 2 is 1.69 bits per heavy atom. The van der Waals surface area contributed by atoms with Gasteiger partial charge in [-0.1, -0.05) is 30.3 Å². The van der Waals surface area contributed by atoms with Crippen molar-refractivity contribution in [3.63, 3.8) is 0 Å². The van der Waals surface area contributed by atoms with Crippen LogP contribution in [0.2, 0.25) is 0 Å². The Morgan fingerprint density at radius 3 is 2.31 bits per heavy atom. The Kier molecular flexibility index (Phi) is 8.74. The molecule has 1 atom stereocenters. The van der Waals surface area contributed by atoms with Crippen LogP contribution in [0.25, 0.3) is 11.1 Å². The first kappa shape index (κ1) is 25.6. The van der Waals surface area contributed by atoms with Gasteiger partial charge in [0.2, 0.25) is 0 Å². The number of aromatic hydroxyl groups is 1. The summed E-state index contributed by atoms with van der Waals surface area (Å²) in [6.07, 6.45) is 2.16. The number of thioether (sulfide) groups is 1. The van der Waals surface area contributed by atoms with Crippen LogP contribution in [0.4, 0.5) is 5.69 Å². The number of rotatable bonds is 10. The number of hydrogen-bond donors (Lipinski definition) is 4. The molecule has 0 saturated carbocycles. The first-order valence-electron chi connectivity index (χ1n) is 10.7. The summed E-state index contributed by atoms with van der Waals surface area (Å²) < 4.78 is 5.04. The largest absolute Gasteiger partial charge is 0.507 e. The molecule has 8 nitrogen and oxygen atoms in total. The number of methoxy groups -OCH3 is 1. The second-order valence-electron chi connectivity index (χ2n) is 7.61. The molecule has 0 aromatic heterocycles. The Hall–Kier alpha value is -3.98. The van der Waals surface area contributed by atoms with E-state index >= 15 is 0 Å². The van der Waals surface area contributed by atoms with Crippen molar-refractivity contribution in [2.45, 2.75) is 12.5 Å². The van der Waals surface area contributed by atoms with Gasteiger partial charge in [-0.05, 0) is 59.9 Å². The van der Waals surface area contributed by atoms with Gasteiger partial charge in [0, 0.05) is 17.3 Å². The van der Waals surface area contributed by atoms with Gasteiger partial charge in [0.25, 0.3) is 11.8 Å². The normalized spacial score (nSPS) is 11.4. The third-order valence-electron chi connectivity index (χ3n) is 5.27. The van der Waals surface area contributed by atoms with E-state index in [-0.39, 0.29) is 16.9 Å². The first-order chi connectivity index (χ1) is 16.8. The maximum atomic E-state index is 13.1. The maximum absolute atomic E-state index is 13.1. The number of phenols is 1. The van der Waals surface area contributed by atoms with E-state index in [9.17, 15) is 24.6 Å². The van der Waals surface area contributed by atoms with Gasteiger partial charge in [-0.15, -0.1) is 0 Å². The predicted molar refractivity (Wildman–Crippen MR) is 136 cm³/mol. The third kappa shape index (κ3) is 6.54. The minimum absolute atomic E-state index is 0.0620. The molecule has 0 heterocycles. The fourth-order valence-corrected chi connectivity index (χ4v) is 3.91. The number of anilines is 1. The van der Waals surface area contributed by atoms with Crippen molar-refractivity contribution in [3.8, 4) is 22.6 Å². The van der Waals surface area contributed by atoms with Gasteiger partial charge in [0.15, 0.2) is 0 Å². The van der Waals surface area contributed by atoms with Crippen molar-refractivity contribution < 1.29 is 29.3 Å². The number of aliphatic carboxylic acids is 1. The monoisotopic (exact) mass is 494 g/mol. The van der Waals surface area contributed by atoms with Crippen molar-refractivity contribution in [2.24, 2.45) is 0 Å². The van der Waals surface area contributed by atoms with Gasteiger partial charge >= 0.3 is 5.97 Å². The zero-order valence-corrected chi connectivity index (χ0v) is 20.1. The van der Waals surface area contributed by atoms with Crippen LogP contribution in [0.1, 0.15) is 27.1 Å². The van der Waals surface area contributed by atoms with Crippen LogP contribution in [0.15, 0.2) is 66.7 Å². The minimum Gasteiger partial charge on any atom is -0.507 e. The molecule has 35 heavy (non-hydrogen) atoms. The van der Waals surface area contributed by atoms with Gasteiger partial charge < -0.3 is 25.6 Å². The summed E-state index contributed by atoms with van der Waals surface area (Å²) in [5, 5.41) is 25.0. The van der Waals surface area contributed by atoms with E-state index in [1.54, 1.807) is 18.2 Å². The van der Waals surface area contributed by atoms with Gasteiger partial charge in [0.1, 0.15) is 17.5 Å². The van der Waals surface area contributed by atoms with Crippen molar-refractivity contribution in [1.82, 2.24) is 5.32 Å². The van der Waals surface area contributed by atoms with Crippen LogP contribution in [0.3, 0.4) is 0 Å². The molecule has 3 aromatic carbocycles. The Balaban J connectivity index is 1.92.